The lowest BCUT2D eigenvalue weighted by molar-refractivity contribution is -0.155. The van der Waals surface area contributed by atoms with E-state index in [1.807, 2.05) is 18.2 Å². The van der Waals surface area contributed by atoms with Gasteiger partial charge in [-0.25, -0.2) is 0 Å². The van der Waals surface area contributed by atoms with Crippen molar-refractivity contribution in [3.05, 3.63) is 65.7 Å². The fourth-order valence-electron chi connectivity index (χ4n) is 3.21. The molecule has 0 saturated heterocycles. The highest BCUT2D eigenvalue weighted by Crippen LogP contribution is 2.27. The van der Waals surface area contributed by atoms with E-state index in [1.54, 1.807) is 57.2 Å². The molecule has 0 aliphatic carbocycles. The second kappa shape index (κ2) is 8.47. The average molecular weight is 395 g/mol. The third-order valence-corrected chi connectivity index (χ3v) is 4.48. The Bertz CT molecular complexity index is 866. The molecule has 6 heteroatoms. The summed E-state index contributed by atoms with van der Waals surface area (Å²) >= 11 is 0. The molecule has 0 radical (unpaired) electrons. The second-order valence-electron chi connectivity index (χ2n) is 7.93. The Hall–Kier alpha value is -3.15. The summed E-state index contributed by atoms with van der Waals surface area (Å²) in [5.41, 5.74) is 0.154. The number of ether oxygens (including phenoxy) is 2. The molecular weight excluding hydrogens is 370 g/mol. The van der Waals surface area contributed by atoms with E-state index in [1.165, 1.54) is 4.90 Å². The molecule has 29 heavy (non-hydrogen) atoms. The Morgan fingerprint density at radius 2 is 1.48 bits per heavy atom. The van der Waals surface area contributed by atoms with Crippen LogP contribution >= 0.6 is 0 Å². The number of para-hydroxylation sites is 1. The van der Waals surface area contributed by atoms with Crippen LogP contribution in [0.5, 0.6) is 5.75 Å². The van der Waals surface area contributed by atoms with Gasteiger partial charge in [-0.15, -0.1) is 0 Å². The van der Waals surface area contributed by atoms with Crippen molar-refractivity contribution in [2.45, 2.75) is 45.3 Å². The van der Waals surface area contributed by atoms with Crippen LogP contribution in [0, 0.1) is 0 Å². The lowest BCUT2D eigenvalue weighted by Gasteiger charge is -2.27. The molecule has 0 aromatic heterocycles. The number of nitrogens with zero attached hydrogens (tertiary/aromatic N) is 1. The van der Waals surface area contributed by atoms with Gasteiger partial charge in [-0.05, 0) is 51.5 Å². The maximum Gasteiger partial charge on any atom is 0.306 e. The van der Waals surface area contributed by atoms with Gasteiger partial charge in [0.05, 0.1) is 17.2 Å². The quantitative estimate of drug-likeness (QED) is 0.526. The third kappa shape index (κ3) is 5.02. The number of rotatable bonds is 7. The predicted octanol–water partition coefficient (Wildman–Crippen LogP) is 3.85. The average Bonchev–Trinajstić information content (AvgIpc) is 2.93. The van der Waals surface area contributed by atoms with Crippen LogP contribution < -0.4 is 4.74 Å². The summed E-state index contributed by atoms with van der Waals surface area (Å²) in [6.45, 7) is 5.49. The van der Waals surface area contributed by atoms with Crippen molar-refractivity contribution in [1.82, 2.24) is 4.90 Å². The first-order valence-electron chi connectivity index (χ1n) is 9.63. The molecule has 0 N–H and O–H groups in total. The molecule has 6 nitrogen and oxygen atoms in total. The van der Waals surface area contributed by atoms with E-state index in [4.69, 9.17) is 9.47 Å². The largest absolute Gasteiger partial charge is 0.491 e. The normalized spacial score (nSPS) is 14.5. The van der Waals surface area contributed by atoms with Gasteiger partial charge >= 0.3 is 5.97 Å². The van der Waals surface area contributed by atoms with Gasteiger partial charge in [0.1, 0.15) is 18.0 Å². The number of carbonyl (C=O) groups excluding carboxylic acids is 3. The Balaban J connectivity index is 1.76. The molecular formula is C23H25NO5. The first kappa shape index (κ1) is 20.6. The number of esters is 1. The zero-order chi connectivity index (χ0) is 21.0. The van der Waals surface area contributed by atoms with E-state index in [9.17, 15) is 14.4 Å². The van der Waals surface area contributed by atoms with Crippen LogP contribution in [0.2, 0.25) is 0 Å². The van der Waals surface area contributed by atoms with Gasteiger partial charge in [-0.1, -0.05) is 30.3 Å². The number of hydrogen-bond donors (Lipinski definition) is 0. The predicted molar refractivity (Wildman–Crippen MR) is 108 cm³/mol. The van der Waals surface area contributed by atoms with Crippen LogP contribution in [0.15, 0.2) is 54.6 Å². The van der Waals surface area contributed by atoms with Crippen molar-refractivity contribution in [3.63, 3.8) is 0 Å². The Kier molecular flexibility index (Phi) is 6.01. The minimum Gasteiger partial charge on any atom is -0.491 e. The summed E-state index contributed by atoms with van der Waals surface area (Å²) in [4.78, 5) is 39.1. The van der Waals surface area contributed by atoms with Crippen LogP contribution in [0.1, 0.15) is 54.3 Å². The third-order valence-electron chi connectivity index (χ3n) is 4.48. The van der Waals surface area contributed by atoms with Crippen molar-refractivity contribution in [2.24, 2.45) is 0 Å². The van der Waals surface area contributed by atoms with E-state index in [0.29, 0.717) is 16.9 Å². The Labute approximate surface area is 170 Å². The minimum atomic E-state index is -0.595. The molecule has 0 saturated carbocycles. The molecule has 1 unspecified atom stereocenters. The summed E-state index contributed by atoms with van der Waals surface area (Å²) in [6, 6.07) is 15.3. The zero-order valence-electron chi connectivity index (χ0n) is 16.9. The standard InChI is InChI=1S/C23H25NO5/c1-23(2,3)29-20(25)14-13-16(15-28-17-9-5-4-6-10-17)24-21(26)18-11-7-8-12-19(18)22(24)27/h4-12,16H,13-15H2,1-3H3. The molecule has 152 valence electrons. The van der Waals surface area contributed by atoms with Crippen LogP contribution in [-0.4, -0.2) is 40.9 Å². The minimum absolute atomic E-state index is 0.0769. The summed E-state index contributed by atoms with van der Waals surface area (Å²) in [6.07, 6.45) is 0.334. The summed E-state index contributed by atoms with van der Waals surface area (Å²) < 4.78 is 11.2. The SMILES string of the molecule is CC(C)(C)OC(=O)CCC(COc1ccccc1)N1C(=O)c2ccccc2C1=O. The van der Waals surface area contributed by atoms with Gasteiger partial charge in [-0.2, -0.15) is 0 Å². The topological polar surface area (TPSA) is 72.9 Å². The van der Waals surface area contributed by atoms with Crippen molar-refractivity contribution in [2.75, 3.05) is 6.61 Å². The Morgan fingerprint density at radius 3 is 2.03 bits per heavy atom. The molecule has 1 aliphatic heterocycles. The number of amides is 2. The molecule has 3 rings (SSSR count). The highest BCUT2D eigenvalue weighted by atomic mass is 16.6. The molecule has 2 amide bonds. The van der Waals surface area contributed by atoms with E-state index in [0.717, 1.165) is 0 Å². The summed E-state index contributed by atoms with van der Waals surface area (Å²) in [7, 11) is 0. The van der Waals surface area contributed by atoms with Crippen LogP contribution in [0.3, 0.4) is 0 Å². The summed E-state index contributed by atoms with van der Waals surface area (Å²) in [5, 5.41) is 0. The van der Waals surface area contributed by atoms with Crippen molar-refractivity contribution < 1.29 is 23.9 Å². The molecule has 1 atom stereocenters. The van der Waals surface area contributed by atoms with Crippen LogP contribution in [0.4, 0.5) is 0 Å². The monoisotopic (exact) mass is 395 g/mol. The van der Waals surface area contributed by atoms with Gasteiger partial charge in [0, 0.05) is 6.42 Å². The maximum atomic E-state index is 12.9. The van der Waals surface area contributed by atoms with E-state index in [-0.39, 0.29) is 37.2 Å². The second-order valence-corrected chi connectivity index (χ2v) is 7.93. The molecule has 1 aliphatic rings. The van der Waals surface area contributed by atoms with E-state index >= 15 is 0 Å². The molecule has 0 fully saturated rings. The molecule has 2 aromatic carbocycles. The number of hydrogen-bond acceptors (Lipinski definition) is 5. The van der Waals surface area contributed by atoms with Crippen LogP contribution in [-0.2, 0) is 9.53 Å². The van der Waals surface area contributed by atoms with E-state index in [2.05, 4.69) is 0 Å². The first-order chi connectivity index (χ1) is 13.8. The fraction of sp³-hybridized carbons (Fsp3) is 0.348. The van der Waals surface area contributed by atoms with Crippen molar-refractivity contribution in [3.8, 4) is 5.75 Å². The Morgan fingerprint density at radius 1 is 0.931 bits per heavy atom. The first-order valence-corrected chi connectivity index (χ1v) is 9.63. The summed E-state index contributed by atoms with van der Waals surface area (Å²) in [5.74, 6) is -0.474. The number of benzene rings is 2. The lowest BCUT2D eigenvalue weighted by Crippen LogP contribution is -2.44. The highest BCUT2D eigenvalue weighted by molar-refractivity contribution is 6.21. The fourth-order valence-corrected chi connectivity index (χ4v) is 3.21. The zero-order valence-corrected chi connectivity index (χ0v) is 16.9. The van der Waals surface area contributed by atoms with Crippen molar-refractivity contribution in [1.29, 1.82) is 0 Å². The van der Waals surface area contributed by atoms with Gasteiger partial charge < -0.3 is 9.47 Å². The number of imide groups is 1. The highest BCUT2D eigenvalue weighted by Gasteiger charge is 2.40. The van der Waals surface area contributed by atoms with Crippen LogP contribution in [0.25, 0.3) is 0 Å². The van der Waals surface area contributed by atoms with Gasteiger partial charge in [0.2, 0.25) is 0 Å². The molecule has 0 spiro atoms. The van der Waals surface area contributed by atoms with Crippen molar-refractivity contribution >= 4 is 17.8 Å². The number of fused-ring (bicyclic) bond motifs is 1. The van der Waals surface area contributed by atoms with Gasteiger partial charge in [0.15, 0.2) is 0 Å². The lowest BCUT2D eigenvalue weighted by atomic mass is 10.1. The molecule has 2 aromatic rings. The smallest absolute Gasteiger partial charge is 0.306 e. The van der Waals surface area contributed by atoms with Gasteiger partial charge in [0.25, 0.3) is 11.8 Å². The maximum absolute atomic E-state index is 12.9. The molecule has 1 heterocycles. The van der Waals surface area contributed by atoms with E-state index < -0.39 is 11.6 Å². The molecule has 0 bridgehead atoms. The van der Waals surface area contributed by atoms with Gasteiger partial charge in [-0.3, -0.25) is 19.3 Å². The number of carbonyl (C=O) groups is 3.